The molecule has 1 fully saturated rings. The molecule has 5 heteroatoms. The Labute approximate surface area is 152 Å². The first-order chi connectivity index (χ1) is 12.8. The van der Waals surface area contributed by atoms with Gasteiger partial charge in [-0.15, -0.1) is 0 Å². The van der Waals surface area contributed by atoms with Crippen LogP contribution in [0.4, 0.5) is 0 Å². The molecule has 1 saturated heterocycles. The van der Waals surface area contributed by atoms with E-state index >= 15 is 0 Å². The van der Waals surface area contributed by atoms with Crippen LogP contribution in [0.3, 0.4) is 0 Å². The number of nitrogens with zero attached hydrogens (tertiary/aromatic N) is 2. The van der Waals surface area contributed by atoms with Crippen LogP contribution in [-0.4, -0.2) is 42.5 Å². The zero-order valence-corrected chi connectivity index (χ0v) is 14.7. The standard InChI is InChI=1S/C21H21N3O2/c1-26-17-9-7-15(8-10-17)19-14-22-12-13-24(19)21(25)18-6-2-4-16-5-3-11-23-20(16)18/h2-11,19,22H,12-14H2,1H3/t19-/m1/s1. The second-order valence-corrected chi connectivity index (χ2v) is 6.37. The Balaban J connectivity index is 1.70. The van der Waals surface area contributed by atoms with E-state index in [2.05, 4.69) is 10.3 Å². The van der Waals surface area contributed by atoms with Crippen molar-refractivity contribution in [2.75, 3.05) is 26.7 Å². The van der Waals surface area contributed by atoms with Gasteiger partial charge >= 0.3 is 0 Å². The van der Waals surface area contributed by atoms with Gasteiger partial charge in [-0.1, -0.05) is 30.3 Å². The van der Waals surface area contributed by atoms with Gasteiger partial charge in [0, 0.05) is 31.2 Å². The van der Waals surface area contributed by atoms with Gasteiger partial charge in [0.05, 0.1) is 24.2 Å². The minimum Gasteiger partial charge on any atom is -0.497 e. The number of carbonyl (C=O) groups is 1. The molecule has 0 saturated carbocycles. The van der Waals surface area contributed by atoms with Crippen LogP contribution >= 0.6 is 0 Å². The Bertz CT molecular complexity index is 919. The zero-order valence-electron chi connectivity index (χ0n) is 14.7. The number of fused-ring (bicyclic) bond motifs is 1. The summed E-state index contributed by atoms with van der Waals surface area (Å²) in [4.78, 5) is 19.7. The van der Waals surface area contributed by atoms with E-state index in [1.807, 2.05) is 59.5 Å². The first-order valence-corrected chi connectivity index (χ1v) is 8.77. The summed E-state index contributed by atoms with van der Waals surface area (Å²) in [6, 6.07) is 17.6. The number of hydrogen-bond donors (Lipinski definition) is 1. The second kappa shape index (κ2) is 7.14. The molecule has 1 aliphatic rings. The van der Waals surface area contributed by atoms with Crippen molar-refractivity contribution in [2.24, 2.45) is 0 Å². The monoisotopic (exact) mass is 347 g/mol. The predicted molar refractivity (Wildman–Crippen MR) is 101 cm³/mol. The number of hydrogen-bond acceptors (Lipinski definition) is 4. The highest BCUT2D eigenvalue weighted by Gasteiger charge is 2.29. The maximum atomic E-state index is 13.4. The molecule has 0 spiro atoms. The summed E-state index contributed by atoms with van der Waals surface area (Å²) < 4.78 is 5.24. The average molecular weight is 347 g/mol. The number of rotatable bonds is 3. The van der Waals surface area contributed by atoms with Crippen molar-refractivity contribution in [2.45, 2.75) is 6.04 Å². The number of nitrogens with one attached hydrogen (secondary N) is 1. The number of aromatic nitrogens is 1. The van der Waals surface area contributed by atoms with E-state index in [0.717, 1.165) is 35.3 Å². The smallest absolute Gasteiger partial charge is 0.256 e. The number of amides is 1. The predicted octanol–water partition coefficient (Wildman–Crippen LogP) is 3.03. The van der Waals surface area contributed by atoms with Gasteiger partial charge in [0.15, 0.2) is 0 Å². The minimum atomic E-state index is -0.0128. The third kappa shape index (κ3) is 3.02. The van der Waals surface area contributed by atoms with E-state index in [0.29, 0.717) is 12.1 Å². The Kier molecular flexibility index (Phi) is 4.54. The van der Waals surface area contributed by atoms with Crippen LogP contribution in [0, 0.1) is 0 Å². The van der Waals surface area contributed by atoms with Crippen molar-refractivity contribution in [1.29, 1.82) is 0 Å². The first kappa shape index (κ1) is 16.5. The van der Waals surface area contributed by atoms with E-state index < -0.39 is 0 Å². The number of pyridine rings is 1. The van der Waals surface area contributed by atoms with Crippen LogP contribution in [0.5, 0.6) is 5.75 Å². The average Bonchev–Trinajstić information content (AvgIpc) is 2.73. The molecule has 0 bridgehead atoms. The van der Waals surface area contributed by atoms with Crippen molar-refractivity contribution in [3.8, 4) is 5.75 Å². The van der Waals surface area contributed by atoms with Crippen LogP contribution in [0.2, 0.25) is 0 Å². The molecule has 1 atom stereocenters. The number of piperazine rings is 1. The maximum absolute atomic E-state index is 13.4. The molecule has 5 nitrogen and oxygen atoms in total. The lowest BCUT2D eigenvalue weighted by molar-refractivity contribution is 0.0636. The van der Waals surface area contributed by atoms with E-state index in [4.69, 9.17) is 4.74 Å². The van der Waals surface area contributed by atoms with Crippen LogP contribution < -0.4 is 10.1 Å². The topological polar surface area (TPSA) is 54.5 Å². The number of carbonyl (C=O) groups excluding carboxylic acids is 1. The van der Waals surface area contributed by atoms with Crippen molar-refractivity contribution in [3.05, 3.63) is 71.9 Å². The molecule has 1 N–H and O–H groups in total. The first-order valence-electron chi connectivity index (χ1n) is 8.77. The van der Waals surface area contributed by atoms with E-state index in [1.54, 1.807) is 13.3 Å². The van der Waals surface area contributed by atoms with Gasteiger partial charge in [-0.05, 0) is 29.8 Å². The number of ether oxygens (including phenoxy) is 1. The summed E-state index contributed by atoms with van der Waals surface area (Å²) in [6.07, 6.45) is 1.73. The normalized spacial score (nSPS) is 17.3. The summed E-state index contributed by atoms with van der Waals surface area (Å²) in [6.45, 7) is 2.19. The molecule has 4 rings (SSSR count). The summed E-state index contributed by atoms with van der Waals surface area (Å²) in [5.74, 6) is 0.838. The number of methoxy groups -OCH3 is 1. The lowest BCUT2D eigenvalue weighted by Gasteiger charge is -2.36. The van der Waals surface area contributed by atoms with E-state index in [1.165, 1.54) is 0 Å². The molecule has 1 aliphatic heterocycles. The second-order valence-electron chi connectivity index (χ2n) is 6.37. The fourth-order valence-corrected chi connectivity index (χ4v) is 3.50. The van der Waals surface area contributed by atoms with Gasteiger partial charge in [0.25, 0.3) is 5.91 Å². The van der Waals surface area contributed by atoms with Gasteiger partial charge in [-0.25, -0.2) is 0 Å². The lowest BCUT2D eigenvalue weighted by Crippen LogP contribution is -2.48. The van der Waals surface area contributed by atoms with Crippen LogP contribution in [-0.2, 0) is 0 Å². The Morgan fingerprint density at radius 3 is 2.77 bits per heavy atom. The highest BCUT2D eigenvalue weighted by Crippen LogP contribution is 2.27. The number of para-hydroxylation sites is 1. The third-order valence-electron chi connectivity index (χ3n) is 4.87. The summed E-state index contributed by atoms with van der Waals surface area (Å²) >= 11 is 0. The van der Waals surface area contributed by atoms with Gasteiger partial charge in [-0.3, -0.25) is 9.78 Å². The zero-order chi connectivity index (χ0) is 17.9. The molecule has 132 valence electrons. The lowest BCUT2D eigenvalue weighted by atomic mass is 10.0. The molecule has 1 amide bonds. The maximum Gasteiger partial charge on any atom is 0.256 e. The molecule has 26 heavy (non-hydrogen) atoms. The van der Waals surface area contributed by atoms with Gasteiger partial charge in [-0.2, -0.15) is 0 Å². The quantitative estimate of drug-likeness (QED) is 0.791. The number of benzene rings is 2. The van der Waals surface area contributed by atoms with E-state index in [9.17, 15) is 4.79 Å². The minimum absolute atomic E-state index is 0.0128. The molecule has 0 aliphatic carbocycles. The molecule has 0 unspecified atom stereocenters. The summed E-state index contributed by atoms with van der Waals surface area (Å²) in [5.41, 5.74) is 2.51. The summed E-state index contributed by atoms with van der Waals surface area (Å²) in [5, 5.41) is 4.38. The molecular formula is C21H21N3O2. The van der Waals surface area contributed by atoms with Gasteiger partial charge < -0.3 is 15.0 Å². The molecule has 2 heterocycles. The highest BCUT2D eigenvalue weighted by atomic mass is 16.5. The van der Waals surface area contributed by atoms with Gasteiger partial charge in [0.2, 0.25) is 0 Å². The van der Waals surface area contributed by atoms with Crippen LogP contribution in [0.1, 0.15) is 22.0 Å². The van der Waals surface area contributed by atoms with Crippen molar-refractivity contribution in [3.63, 3.8) is 0 Å². The van der Waals surface area contributed by atoms with Crippen LogP contribution in [0.15, 0.2) is 60.8 Å². The molecule has 0 radical (unpaired) electrons. The van der Waals surface area contributed by atoms with Crippen molar-refractivity contribution >= 4 is 16.8 Å². The van der Waals surface area contributed by atoms with Crippen LogP contribution in [0.25, 0.3) is 10.9 Å². The molecule has 2 aromatic carbocycles. The Morgan fingerprint density at radius 1 is 1.15 bits per heavy atom. The third-order valence-corrected chi connectivity index (χ3v) is 4.87. The van der Waals surface area contributed by atoms with E-state index in [-0.39, 0.29) is 11.9 Å². The fraction of sp³-hybridized carbons (Fsp3) is 0.238. The van der Waals surface area contributed by atoms with Crippen molar-refractivity contribution in [1.82, 2.24) is 15.2 Å². The molecule has 1 aromatic heterocycles. The molecule has 3 aromatic rings. The van der Waals surface area contributed by atoms with Gasteiger partial charge in [0.1, 0.15) is 5.75 Å². The Hall–Kier alpha value is -2.92. The Morgan fingerprint density at radius 2 is 1.96 bits per heavy atom. The largest absolute Gasteiger partial charge is 0.497 e. The SMILES string of the molecule is COc1ccc([C@H]2CNCCN2C(=O)c2cccc3cccnc23)cc1. The highest BCUT2D eigenvalue weighted by molar-refractivity contribution is 6.05. The molecular weight excluding hydrogens is 326 g/mol. The fourth-order valence-electron chi connectivity index (χ4n) is 3.50. The van der Waals surface area contributed by atoms with Crippen molar-refractivity contribution < 1.29 is 9.53 Å². The summed E-state index contributed by atoms with van der Waals surface area (Å²) in [7, 11) is 1.65.